The molecule has 0 saturated carbocycles. The van der Waals surface area contributed by atoms with Gasteiger partial charge in [0.2, 0.25) is 0 Å². The fourth-order valence-corrected chi connectivity index (χ4v) is 2.81. The molecule has 0 spiro atoms. The van der Waals surface area contributed by atoms with Crippen molar-refractivity contribution in [2.24, 2.45) is 0 Å². The predicted octanol–water partition coefficient (Wildman–Crippen LogP) is 3.46. The summed E-state index contributed by atoms with van der Waals surface area (Å²) in [5.74, 6) is -1.72. The maximum atomic E-state index is 12.6. The molecule has 132 valence electrons. The average Bonchev–Trinajstić information content (AvgIpc) is 2.60. The number of aromatic nitrogens is 2. The van der Waals surface area contributed by atoms with Crippen LogP contribution in [0.4, 0.5) is 0 Å². The van der Waals surface area contributed by atoms with Gasteiger partial charge in [0.1, 0.15) is 0 Å². The number of hydrogen-bond donors (Lipinski definition) is 2. The van der Waals surface area contributed by atoms with Gasteiger partial charge in [-0.2, -0.15) is 0 Å². The van der Waals surface area contributed by atoms with Crippen molar-refractivity contribution < 1.29 is 14.7 Å². The summed E-state index contributed by atoms with van der Waals surface area (Å²) in [7, 11) is 0. The monoisotopic (exact) mass is 369 g/mol. The molecule has 26 heavy (non-hydrogen) atoms. The number of carboxylic acids is 1. The van der Waals surface area contributed by atoms with Gasteiger partial charge in [-0.3, -0.25) is 4.79 Å². The van der Waals surface area contributed by atoms with Gasteiger partial charge in [-0.15, -0.1) is 0 Å². The van der Waals surface area contributed by atoms with Crippen LogP contribution in [0.1, 0.15) is 33.4 Å². The molecule has 6 nitrogen and oxygen atoms in total. The second kappa shape index (κ2) is 7.09. The number of fused-ring (bicyclic) bond motifs is 1. The number of carbonyl (C=O) groups excluding carboxylic acids is 1. The minimum Gasteiger partial charge on any atom is -0.479 e. The third kappa shape index (κ3) is 3.50. The number of carbonyl (C=O) groups is 2. The van der Waals surface area contributed by atoms with Gasteiger partial charge in [0, 0.05) is 16.1 Å². The molecule has 3 aromatic rings. The zero-order chi connectivity index (χ0) is 18.8. The number of benzene rings is 2. The molecule has 7 heteroatoms. The van der Waals surface area contributed by atoms with E-state index in [0.717, 1.165) is 11.4 Å². The maximum Gasteiger partial charge on any atom is 0.330 e. The molecule has 2 aromatic carbocycles. The molecular weight excluding hydrogens is 354 g/mol. The van der Waals surface area contributed by atoms with Crippen LogP contribution in [0.15, 0.2) is 42.5 Å². The quantitative estimate of drug-likeness (QED) is 0.734. The Balaban J connectivity index is 1.93. The molecule has 0 saturated heterocycles. The Labute approximate surface area is 154 Å². The average molecular weight is 370 g/mol. The SMILES string of the molecule is Cc1nc2ccc(C(=O)N[C@@H](C(=O)O)c3ccccc3Cl)cc2nc1C. The van der Waals surface area contributed by atoms with Crippen LogP contribution in [0.2, 0.25) is 5.02 Å². The van der Waals surface area contributed by atoms with Crippen molar-refractivity contribution in [3.8, 4) is 0 Å². The lowest BCUT2D eigenvalue weighted by atomic mass is 10.1. The highest BCUT2D eigenvalue weighted by molar-refractivity contribution is 6.31. The number of rotatable bonds is 4. The standard InChI is InChI=1S/C19H16ClN3O3/c1-10-11(2)22-16-9-12(7-8-15(16)21-10)18(24)23-17(19(25)26)13-5-3-4-6-14(13)20/h3-9,17H,1-2H3,(H,23,24)(H,25,26)/t17-/m1/s1. The summed E-state index contributed by atoms with van der Waals surface area (Å²) >= 11 is 6.07. The summed E-state index contributed by atoms with van der Waals surface area (Å²) < 4.78 is 0. The van der Waals surface area contributed by atoms with E-state index in [1.165, 1.54) is 0 Å². The van der Waals surface area contributed by atoms with E-state index in [-0.39, 0.29) is 5.02 Å². The van der Waals surface area contributed by atoms with E-state index in [0.29, 0.717) is 22.2 Å². The second-order valence-corrected chi connectivity index (χ2v) is 6.27. The van der Waals surface area contributed by atoms with Crippen molar-refractivity contribution in [2.45, 2.75) is 19.9 Å². The van der Waals surface area contributed by atoms with E-state index < -0.39 is 17.9 Å². The molecule has 0 aliphatic carbocycles. The second-order valence-electron chi connectivity index (χ2n) is 5.86. The lowest BCUT2D eigenvalue weighted by Crippen LogP contribution is -2.34. The predicted molar refractivity (Wildman–Crippen MR) is 98.3 cm³/mol. The third-order valence-corrected chi connectivity index (χ3v) is 4.42. The van der Waals surface area contributed by atoms with E-state index in [1.807, 2.05) is 13.8 Å². The smallest absolute Gasteiger partial charge is 0.330 e. The largest absolute Gasteiger partial charge is 0.479 e. The Morgan fingerprint density at radius 2 is 1.69 bits per heavy atom. The lowest BCUT2D eigenvalue weighted by molar-refractivity contribution is -0.139. The Kier molecular flexibility index (Phi) is 4.86. The fourth-order valence-electron chi connectivity index (χ4n) is 2.57. The van der Waals surface area contributed by atoms with Crippen LogP contribution in [0.3, 0.4) is 0 Å². The van der Waals surface area contributed by atoms with Gasteiger partial charge >= 0.3 is 5.97 Å². The Morgan fingerprint density at radius 1 is 1.04 bits per heavy atom. The first-order valence-electron chi connectivity index (χ1n) is 7.90. The molecule has 1 heterocycles. The first-order chi connectivity index (χ1) is 12.4. The van der Waals surface area contributed by atoms with Crippen molar-refractivity contribution in [1.29, 1.82) is 0 Å². The molecule has 1 atom stereocenters. The van der Waals surface area contributed by atoms with Crippen LogP contribution < -0.4 is 5.32 Å². The number of aliphatic carboxylic acids is 1. The minimum absolute atomic E-state index is 0.274. The number of aryl methyl sites for hydroxylation is 2. The molecule has 0 fully saturated rings. The van der Waals surface area contributed by atoms with Gasteiger partial charge in [-0.05, 0) is 38.1 Å². The molecular formula is C19H16ClN3O3. The van der Waals surface area contributed by atoms with Crippen molar-refractivity contribution in [3.63, 3.8) is 0 Å². The highest BCUT2D eigenvalue weighted by Crippen LogP contribution is 2.23. The zero-order valence-electron chi connectivity index (χ0n) is 14.2. The molecule has 1 amide bonds. The Hall–Kier alpha value is -2.99. The van der Waals surface area contributed by atoms with E-state index >= 15 is 0 Å². The van der Waals surface area contributed by atoms with Crippen molar-refractivity contribution in [3.05, 3.63) is 70.0 Å². The Morgan fingerprint density at radius 3 is 2.35 bits per heavy atom. The Bertz CT molecular complexity index is 1020. The normalized spacial score (nSPS) is 12.0. The summed E-state index contributed by atoms with van der Waals surface area (Å²) in [5, 5.41) is 12.3. The van der Waals surface area contributed by atoms with Crippen LogP contribution in [0.5, 0.6) is 0 Å². The topological polar surface area (TPSA) is 92.2 Å². The van der Waals surface area contributed by atoms with Gasteiger partial charge in [-0.1, -0.05) is 29.8 Å². The number of hydrogen-bond acceptors (Lipinski definition) is 4. The van der Waals surface area contributed by atoms with Crippen LogP contribution in [-0.2, 0) is 4.79 Å². The minimum atomic E-state index is -1.25. The summed E-state index contributed by atoms with van der Waals surface area (Å²) in [4.78, 5) is 33.0. The van der Waals surface area contributed by atoms with Gasteiger partial charge in [0.25, 0.3) is 5.91 Å². The summed E-state index contributed by atoms with van der Waals surface area (Å²) in [6, 6.07) is 10.1. The summed E-state index contributed by atoms with van der Waals surface area (Å²) in [6.45, 7) is 3.70. The van der Waals surface area contributed by atoms with Crippen molar-refractivity contribution >= 4 is 34.5 Å². The van der Waals surface area contributed by atoms with E-state index in [9.17, 15) is 14.7 Å². The number of nitrogens with zero attached hydrogens (tertiary/aromatic N) is 2. The number of halogens is 1. The van der Waals surface area contributed by atoms with Gasteiger partial charge < -0.3 is 10.4 Å². The molecule has 2 N–H and O–H groups in total. The van der Waals surface area contributed by atoms with Crippen LogP contribution >= 0.6 is 11.6 Å². The molecule has 0 aliphatic rings. The van der Waals surface area contributed by atoms with Crippen molar-refractivity contribution in [1.82, 2.24) is 15.3 Å². The van der Waals surface area contributed by atoms with Gasteiger partial charge in [0.15, 0.2) is 6.04 Å². The molecule has 0 unspecified atom stereocenters. The number of carboxylic acid groups (broad SMARTS) is 1. The highest BCUT2D eigenvalue weighted by Gasteiger charge is 2.24. The molecule has 0 radical (unpaired) electrons. The summed E-state index contributed by atoms with van der Waals surface area (Å²) in [6.07, 6.45) is 0. The lowest BCUT2D eigenvalue weighted by Gasteiger charge is -2.16. The summed E-state index contributed by atoms with van der Waals surface area (Å²) in [5.41, 5.74) is 3.46. The number of amides is 1. The first kappa shape index (κ1) is 17.8. The zero-order valence-corrected chi connectivity index (χ0v) is 14.9. The van der Waals surface area contributed by atoms with Gasteiger partial charge in [0.05, 0.1) is 22.4 Å². The highest BCUT2D eigenvalue weighted by atomic mass is 35.5. The molecule has 0 aliphatic heterocycles. The maximum absolute atomic E-state index is 12.6. The molecule has 0 bridgehead atoms. The van der Waals surface area contributed by atoms with E-state index in [1.54, 1.807) is 42.5 Å². The van der Waals surface area contributed by atoms with Crippen molar-refractivity contribution in [2.75, 3.05) is 0 Å². The first-order valence-corrected chi connectivity index (χ1v) is 8.27. The van der Waals surface area contributed by atoms with Crippen LogP contribution in [0, 0.1) is 13.8 Å². The van der Waals surface area contributed by atoms with Gasteiger partial charge in [-0.25, -0.2) is 14.8 Å². The van der Waals surface area contributed by atoms with E-state index in [2.05, 4.69) is 15.3 Å². The van der Waals surface area contributed by atoms with Crippen LogP contribution in [-0.4, -0.2) is 27.0 Å². The fraction of sp³-hybridized carbons (Fsp3) is 0.158. The number of nitrogens with one attached hydrogen (secondary N) is 1. The third-order valence-electron chi connectivity index (χ3n) is 4.08. The molecule has 1 aromatic heterocycles. The van der Waals surface area contributed by atoms with E-state index in [4.69, 9.17) is 11.6 Å². The van der Waals surface area contributed by atoms with Crippen LogP contribution in [0.25, 0.3) is 11.0 Å². The molecule has 3 rings (SSSR count).